The largest absolute Gasteiger partial charge is 0.391 e. The Morgan fingerprint density at radius 3 is 2.33 bits per heavy atom. The van der Waals surface area contributed by atoms with E-state index in [-0.39, 0.29) is 18.8 Å². The molecule has 0 amide bonds. The molecule has 1 fully saturated rings. The van der Waals surface area contributed by atoms with E-state index in [1.807, 2.05) is 56.0 Å². The average Bonchev–Trinajstić information content (AvgIpc) is 2.73. The Morgan fingerprint density at radius 1 is 1.03 bits per heavy atom. The van der Waals surface area contributed by atoms with Gasteiger partial charge in [-0.3, -0.25) is 4.98 Å². The molecule has 0 N–H and O–H groups in total. The number of aromatic nitrogens is 4. The first-order valence-electron chi connectivity index (χ1n) is 11.1. The summed E-state index contributed by atoms with van der Waals surface area (Å²) in [4.78, 5) is 19.6. The molecular weight excluding hydrogens is 431 g/mol. The van der Waals surface area contributed by atoms with E-state index < -0.39 is 12.1 Å². The van der Waals surface area contributed by atoms with Crippen LogP contribution in [0.25, 0.3) is 11.0 Å². The SMILES string of the molecule is CCN(CCOC)c1nc(C2CC(C(F)(F)F)C2)c2ccc(C)nc2n1.Cc1ccccn1. The molecule has 3 aromatic heterocycles. The van der Waals surface area contributed by atoms with Gasteiger partial charge in [-0.15, -0.1) is 0 Å². The lowest BCUT2D eigenvalue weighted by molar-refractivity contribution is -0.197. The Morgan fingerprint density at radius 2 is 1.79 bits per heavy atom. The molecule has 0 bridgehead atoms. The van der Waals surface area contributed by atoms with Crippen LogP contribution in [0.4, 0.5) is 19.1 Å². The highest BCUT2D eigenvalue weighted by molar-refractivity contribution is 5.79. The van der Waals surface area contributed by atoms with Crippen molar-refractivity contribution in [2.24, 2.45) is 5.92 Å². The highest BCUT2D eigenvalue weighted by atomic mass is 19.4. The summed E-state index contributed by atoms with van der Waals surface area (Å²) in [6.45, 7) is 7.63. The van der Waals surface area contributed by atoms with Crippen LogP contribution >= 0.6 is 0 Å². The molecule has 9 heteroatoms. The normalized spacial score (nSPS) is 17.8. The number of alkyl halides is 3. The summed E-state index contributed by atoms with van der Waals surface area (Å²) in [6.07, 6.45) is -2.19. The fourth-order valence-corrected chi connectivity index (χ4v) is 3.73. The molecule has 0 spiro atoms. The van der Waals surface area contributed by atoms with Crippen molar-refractivity contribution in [3.05, 3.63) is 53.6 Å². The van der Waals surface area contributed by atoms with Gasteiger partial charge in [-0.05, 0) is 57.9 Å². The third kappa shape index (κ3) is 6.37. The number of ether oxygens (including phenoxy) is 1. The lowest BCUT2D eigenvalue weighted by Crippen LogP contribution is -2.35. The van der Waals surface area contributed by atoms with Crippen molar-refractivity contribution in [1.29, 1.82) is 0 Å². The van der Waals surface area contributed by atoms with Gasteiger partial charge in [0.1, 0.15) is 0 Å². The van der Waals surface area contributed by atoms with Crippen LogP contribution in [0.3, 0.4) is 0 Å². The molecular formula is C24H30F3N5O. The maximum absolute atomic E-state index is 12.9. The molecule has 6 nitrogen and oxygen atoms in total. The van der Waals surface area contributed by atoms with Gasteiger partial charge in [0.25, 0.3) is 0 Å². The van der Waals surface area contributed by atoms with Crippen molar-refractivity contribution >= 4 is 17.0 Å². The van der Waals surface area contributed by atoms with Gasteiger partial charge < -0.3 is 9.64 Å². The smallest absolute Gasteiger partial charge is 0.383 e. The predicted molar refractivity (Wildman–Crippen MR) is 122 cm³/mol. The molecule has 3 aromatic rings. The zero-order chi connectivity index (χ0) is 24.0. The van der Waals surface area contributed by atoms with Crippen molar-refractivity contribution in [3.8, 4) is 0 Å². The molecule has 4 rings (SSSR count). The van der Waals surface area contributed by atoms with Crippen LogP contribution in [-0.2, 0) is 4.74 Å². The molecule has 0 atom stereocenters. The average molecular weight is 462 g/mol. The molecule has 0 radical (unpaired) electrons. The van der Waals surface area contributed by atoms with E-state index >= 15 is 0 Å². The maximum Gasteiger partial charge on any atom is 0.391 e. The summed E-state index contributed by atoms with van der Waals surface area (Å²) >= 11 is 0. The molecule has 0 unspecified atom stereocenters. The van der Waals surface area contributed by atoms with Gasteiger partial charge in [0.05, 0.1) is 18.2 Å². The number of nitrogens with zero attached hydrogens (tertiary/aromatic N) is 5. The van der Waals surface area contributed by atoms with Crippen LogP contribution in [0.2, 0.25) is 0 Å². The molecule has 1 aliphatic carbocycles. The van der Waals surface area contributed by atoms with Crippen molar-refractivity contribution in [3.63, 3.8) is 0 Å². The monoisotopic (exact) mass is 461 g/mol. The quantitative estimate of drug-likeness (QED) is 0.500. The number of likely N-dealkylation sites (N-methyl/N-ethyl adjacent to an activating group) is 1. The molecule has 1 aliphatic rings. The van der Waals surface area contributed by atoms with E-state index in [9.17, 15) is 13.2 Å². The third-order valence-corrected chi connectivity index (χ3v) is 5.75. The van der Waals surface area contributed by atoms with E-state index in [4.69, 9.17) is 4.74 Å². The summed E-state index contributed by atoms with van der Waals surface area (Å²) < 4.78 is 43.8. The Balaban J connectivity index is 0.000000374. The van der Waals surface area contributed by atoms with Crippen LogP contribution in [0, 0.1) is 19.8 Å². The number of halogens is 3. The number of pyridine rings is 2. The second-order valence-corrected chi connectivity index (χ2v) is 8.18. The van der Waals surface area contributed by atoms with Gasteiger partial charge in [0, 0.05) is 49.1 Å². The number of hydrogen-bond donors (Lipinski definition) is 0. The van der Waals surface area contributed by atoms with Crippen LogP contribution in [-0.4, -0.2) is 52.9 Å². The van der Waals surface area contributed by atoms with E-state index in [2.05, 4.69) is 19.9 Å². The van der Waals surface area contributed by atoms with Gasteiger partial charge in [-0.1, -0.05) is 6.07 Å². The molecule has 0 aliphatic heterocycles. The number of hydrogen-bond acceptors (Lipinski definition) is 6. The minimum atomic E-state index is -4.13. The van der Waals surface area contributed by atoms with Gasteiger partial charge in [0.15, 0.2) is 5.65 Å². The Bertz CT molecular complexity index is 1040. The summed E-state index contributed by atoms with van der Waals surface area (Å²) in [5, 5.41) is 0.743. The van der Waals surface area contributed by atoms with Crippen molar-refractivity contribution < 1.29 is 17.9 Å². The fraction of sp³-hybridized carbons (Fsp3) is 0.500. The standard InChI is InChI=1S/C18H23F3N4O.C6H7N/c1-4-25(7-8-26-3)17-23-15(12-9-13(10-12)18(19,20)21)14-6-5-11(2)22-16(14)24-17;1-6-4-2-3-5-7-6/h5-6,12-13H,4,7-10H2,1-3H3;2-5H,1H3. The topological polar surface area (TPSA) is 64.0 Å². The summed E-state index contributed by atoms with van der Waals surface area (Å²) in [7, 11) is 1.62. The first-order valence-corrected chi connectivity index (χ1v) is 11.1. The second-order valence-electron chi connectivity index (χ2n) is 8.18. The van der Waals surface area contributed by atoms with Gasteiger partial charge in [0.2, 0.25) is 5.95 Å². The Labute approximate surface area is 192 Å². The van der Waals surface area contributed by atoms with E-state index in [0.717, 1.165) is 16.8 Å². The Kier molecular flexibility index (Phi) is 8.18. The van der Waals surface area contributed by atoms with E-state index in [1.54, 1.807) is 13.3 Å². The molecule has 3 heterocycles. The van der Waals surface area contributed by atoms with Crippen LogP contribution in [0.5, 0.6) is 0 Å². The summed E-state index contributed by atoms with van der Waals surface area (Å²) in [6, 6.07) is 9.57. The first-order chi connectivity index (χ1) is 15.7. The molecule has 178 valence electrons. The van der Waals surface area contributed by atoms with Crippen LogP contribution in [0.15, 0.2) is 36.5 Å². The summed E-state index contributed by atoms with van der Waals surface area (Å²) in [5.41, 5.74) is 3.10. The van der Waals surface area contributed by atoms with E-state index in [1.165, 1.54) is 0 Å². The zero-order valence-corrected chi connectivity index (χ0v) is 19.4. The lowest BCUT2D eigenvalue weighted by Gasteiger charge is -2.36. The number of methoxy groups -OCH3 is 1. The van der Waals surface area contributed by atoms with E-state index in [0.29, 0.717) is 37.0 Å². The molecule has 0 aromatic carbocycles. The predicted octanol–water partition coefficient (Wildman–Crippen LogP) is 5.25. The van der Waals surface area contributed by atoms with Crippen molar-refractivity contribution in [2.75, 3.05) is 31.7 Å². The minimum absolute atomic E-state index is 0.0765. The second kappa shape index (κ2) is 10.9. The maximum atomic E-state index is 12.9. The van der Waals surface area contributed by atoms with Crippen LogP contribution in [0.1, 0.15) is 42.8 Å². The molecule has 33 heavy (non-hydrogen) atoms. The van der Waals surface area contributed by atoms with Crippen molar-refractivity contribution in [1.82, 2.24) is 19.9 Å². The fourth-order valence-electron chi connectivity index (χ4n) is 3.73. The molecule has 0 saturated heterocycles. The first kappa shape index (κ1) is 24.8. The third-order valence-electron chi connectivity index (χ3n) is 5.75. The number of anilines is 1. The Hall–Kier alpha value is -2.81. The number of aryl methyl sites for hydroxylation is 2. The summed E-state index contributed by atoms with van der Waals surface area (Å²) in [5.74, 6) is -0.952. The van der Waals surface area contributed by atoms with Gasteiger partial charge >= 0.3 is 6.18 Å². The highest BCUT2D eigenvalue weighted by Crippen LogP contribution is 2.50. The molecule has 1 saturated carbocycles. The van der Waals surface area contributed by atoms with Crippen LogP contribution < -0.4 is 4.90 Å². The highest BCUT2D eigenvalue weighted by Gasteiger charge is 2.49. The van der Waals surface area contributed by atoms with Gasteiger partial charge in [-0.2, -0.15) is 18.2 Å². The minimum Gasteiger partial charge on any atom is -0.383 e. The zero-order valence-electron chi connectivity index (χ0n) is 19.4. The van der Waals surface area contributed by atoms with Crippen molar-refractivity contribution in [2.45, 2.75) is 45.7 Å². The number of fused-ring (bicyclic) bond motifs is 1. The van der Waals surface area contributed by atoms with Gasteiger partial charge in [-0.25, -0.2) is 9.97 Å². The lowest BCUT2D eigenvalue weighted by atomic mass is 9.72. The number of rotatable bonds is 6.